The molecule has 0 aliphatic heterocycles. The number of nitrogens with one attached hydrogen (secondary N) is 2. The van der Waals surface area contributed by atoms with Crippen molar-refractivity contribution in [3.63, 3.8) is 0 Å². The first-order chi connectivity index (χ1) is 10.1. The normalized spacial score (nSPS) is 10.0. The Hall–Kier alpha value is -2.33. The maximum Gasteiger partial charge on any atom is 0.253 e. The smallest absolute Gasteiger partial charge is 0.253 e. The van der Waals surface area contributed by atoms with E-state index in [0.29, 0.717) is 17.1 Å². The number of carbonyl (C=O) groups is 1. The van der Waals surface area contributed by atoms with Crippen molar-refractivity contribution >= 4 is 28.9 Å². The number of hydrogen-bond donors (Lipinski definition) is 2. The van der Waals surface area contributed by atoms with E-state index in [1.165, 1.54) is 6.20 Å². The van der Waals surface area contributed by atoms with Crippen LogP contribution in [0.1, 0.15) is 15.9 Å². The number of nitrogens with zero attached hydrogens (tertiary/aromatic N) is 1. The third-order valence-corrected chi connectivity index (χ3v) is 3.28. The number of benzene rings is 1. The number of carbonyl (C=O) groups excluding carboxylic acids is 1. The van der Waals surface area contributed by atoms with Gasteiger partial charge in [-0.2, -0.15) is 0 Å². The number of anilines is 2. The van der Waals surface area contributed by atoms with Crippen molar-refractivity contribution in [2.75, 3.05) is 11.9 Å². The summed E-state index contributed by atoms with van der Waals surface area (Å²) in [6.07, 6.45) is 4.80. The minimum absolute atomic E-state index is 0.187. The Bertz CT molecular complexity index is 670. The van der Waals surface area contributed by atoms with Crippen molar-refractivity contribution in [1.82, 2.24) is 10.3 Å². The SMILES string of the molecule is C=CCNC(=O)c1cncc(Nc2ccc(C)c(Cl)c2)c1. The molecular weight excluding hydrogens is 286 g/mol. The van der Waals surface area contributed by atoms with Gasteiger partial charge in [-0.05, 0) is 30.7 Å². The fourth-order valence-corrected chi connectivity index (χ4v) is 1.92. The van der Waals surface area contributed by atoms with Crippen LogP contribution in [0.2, 0.25) is 5.02 Å². The van der Waals surface area contributed by atoms with Gasteiger partial charge in [-0.15, -0.1) is 6.58 Å². The van der Waals surface area contributed by atoms with Crippen LogP contribution >= 0.6 is 11.6 Å². The summed E-state index contributed by atoms with van der Waals surface area (Å²) in [6.45, 7) is 5.92. The molecule has 1 heterocycles. The quantitative estimate of drug-likeness (QED) is 0.828. The lowest BCUT2D eigenvalue weighted by Gasteiger charge is -2.09. The van der Waals surface area contributed by atoms with Gasteiger partial charge in [0.15, 0.2) is 0 Å². The fourth-order valence-electron chi connectivity index (χ4n) is 1.74. The topological polar surface area (TPSA) is 54.0 Å². The molecule has 2 N–H and O–H groups in total. The molecule has 0 saturated carbocycles. The number of pyridine rings is 1. The van der Waals surface area contributed by atoms with E-state index in [0.717, 1.165) is 16.9 Å². The maximum absolute atomic E-state index is 11.9. The zero-order valence-electron chi connectivity index (χ0n) is 11.7. The molecule has 0 unspecified atom stereocenters. The highest BCUT2D eigenvalue weighted by atomic mass is 35.5. The van der Waals surface area contributed by atoms with Crippen molar-refractivity contribution in [2.24, 2.45) is 0 Å². The van der Waals surface area contributed by atoms with Gasteiger partial charge in [-0.25, -0.2) is 0 Å². The Balaban J connectivity index is 2.15. The highest BCUT2D eigenvalue weighted by molar-refractivity contribution is 6.31. The molecular formula is C16H16ClN3O. The van der Waals surface area contributed by atoms with Crippen molar-refractivity contribution < 1.29 is 4.79 Å². The second kappa shape index (κ2) is 6.90. The molecule has 0 aliphatic rings. The van der Waals surface area contributed by atoms with Gasteiger partial charge in [-0.1, -0.05) is 23.7 Å². The summed E-state index contributed by atoms with van der Waals surface area (Å²) >= 11 is 6.09. The minimum atomic E-state index is -0.187. The second-order valence-electron chi connectivity index (χ2n) is 4.55. The number of aromatic nitrogens is 1. The van der Waals surface area contributed by atoms with E-state index in [-0.39, 0.29) is 5.91 Å². The Morgan fingerprint density at radius 1 is 1.33 bits per heavy atom. The van der Waals surface area contributed by atoms with Crippen LogP contribution < -0.4 is 10.6 Å². The molecule has 5 heteroatoms. The van der Waals surface area contributed by atoms with E-state index in [1.54, 1.807) is 18.3 Å². The van der Waals surface area contributed by atoms with Crippen molar-refractivity contribution in [3.8, 4) is 0 Å². The molecule has 21 heavy (non-hydrogen) atoms. The van der Waals surface area contributed by atoms with Gasteiger partial charge in [0.1, 0.15) is 0 Å². The standard InChI is InChI=1S/C16H16ClN3O/c1-3-6-19-16(21)12-7-14(10-18-9-12)20-13-5-4-11(2)15(17)8-13/h3-5,7-10,20H,1,6H2,2H3,(H,19,21). The average Bonchev–Trinajstić information content (AvgIpc) is 2.49. The molecule has 0 spiro atoms. The summed E-state index contributed by atoms with van der Waals surface area (Å²) in [5.74, 6) is -0.187. The van der Waals surface area contributed by atoms with E-state index < -0.39 is 0 Å². The first-order valence-electron chi connectivity index (χ1n) is 6.47. The molecule has 0 bridgehead atoms. The van der Waals surface area contributed by atoms with Crippen molar-refractivity contribution in [1.29, 1.82) is 0 Å². The predicted octanol–water partition coefficient (Wildman–Crippen LogP) is 3.70. The second-order valence-corrected chi connectivity index (χ2v) is 4.96. The molecule has 0 saturated heterocycles. The number of hydrogen-bond acceptors (Lipinski definition) is 3. The molecule has 0 fully saturated rings. The Labute approximate surface area is 128 Å². The molecule has 0 aliphatic carbocycles. The number of halogens is 1. The number of rotatable bonds is 5. The first kappa shape index (κ1) is 15.1. The first-order valence-corrected chi connectivity index (χ1v) is 6.85. The van der Waals surface area contributed by atoms with E-state index in [4.69, 9.17) is 11.6 Å². The van der Waals surface area contributed by atoms with Crippen LogP contribution in [-0.4, -0.2) is 17.4 Å². The molecule has 0 atom stereocenters. The average molecular weight is 302 g/mol. The maximum atomic E-state index is 11.9. The van der Waals surface area contributed by atoms with Gasteiger partial charge in [0.25, 0.3) is 5.91 Å². The monoisotopic (exact) mass is 301 g/mol. The Morgan fingerprint density at radius 3 is 2.86 bits per heavy atom. The molecule has 1 aromatic heterocycles. The lowest BCUT2D eigenvalue weighted by Crippen LogP contribution is -2.23. The highest BCUT2D eigenvalue weighted by Crippen LogP contribution is 2.23. The largest absolute Gasteiger partial charge is 0.354 e. The zero-order chi connectivity index (χ0) is 15.2. The lowest BCUT2D eigenvalue weighted by atomic mass is 10.2. The van der Waals surface area contributed by atoms with E-state index in [9.17, 15) is 4.79 Å². The minimum Gasteiger partial charge on any atom is -0.354 e. The third-order valence-electron chi connectivity index (χ3n) is 2.87. The molecule has 2 aromatic rings. The third kappa shape index (κ3) is 4.07. The summed E-state index contributed by atoms with van der Waals surface area (Å²) in [6, 6.07) is 7.42. The van der Waals surface area contributed by atoms with Crippen LogP contribution in [0.4, 0.5) is 11.4 Å². The molecule has 4 nitrogen and oxygen atoms in total. The van der Waals surface area contributed by atoms with Gasteiger partial charge < -0.3 is 10.6 Å². The Morgan fingerprint density at radius 2 is 2.14 bits per heavy atom. The van der Waals surface area contributed by atoms with Gasteiger partial charge in [0.2, 0.25) is 0 Å². The zero-order valence-corrected chi connectivity index (χ0v) is 12.4. The van der Waals surface area contributed by atoms with Crippen LogP contribution in [0, 0.1) is 6.92 Å². The molecule has 0 radical (unpaired) electrons. The summed E-state index contributed by atoms with van der Waals surface area (Å²) in [7, 11) is 0. The van der Waals surface area contributed by atoms with E-state index >= 15 is 0 Å². The number of aryl methyl sites for hydroxylation is 1. The molecule has 1 aromatic carbocycles. The lowest BCUT2D eigenvalue weighted by molar-refractivity contribution is 0.0957. The van der Waals surface area contributed by atoms with Crippen LogP contribution in [-0.2, 0) is 0 Å². The van der Waals surface area contributed by atoms with Gasteiger partial charge in [-0.3, -0.25) is 9.78 Å². The summed E-state index contributed by atoms with van der Waals surface area (Å²) in [4.78, 5) is 15.9. The fraction of sp³-hybridized carbons (Fsp3) is 0.125. The molecule has 1 amide bonds. The van der Waals surface area contributed by atoms with Gasteiger partial charge >= 0.3 is 0 Å². The summed E-state index contributed by atoms with van der Waals surface area (Å²) in [5, 5.41) is 6.57. The number of amides is 1. The predicted molar refractivity (Wildman–Crippen MR) is 86.2 cm³/mol. The van der Waals surface area contributed by atoms with Crippen molar-refractivity contribution in [2.45, 2.75) is 6.92 Å². The molecule has 108 valence electrons. The van der Waals surface area contributed by atoms with E-state index in [1.807, 2.05) is 25.1 Å². The van der Waals surface area contributed by atoms with Crippen molar-refractivity contribution in [3.05, 3.63) is 65.5 Å². The molecule has 2 rings (SSSR count). The van der Waals surface area contributed by atoms with Gasteiger partial charge in [0.05, 0.1) is 17.4 Å². The van der Waals surface area contributed by atoms with Crippen LogP contribution in [0.25, 0.3) is 0 Å². The van der Waals surface area contributed by atoms with Crippen LogP contribution in [0.5, 0.6) is 0 Å². The Kier molecular flexibility index (Phi) is 4.95. The highest BCUT2D eigenvalue weighted by Gasteiger charge is 2.06. The van der Waals surface area contributed by atoms with Crippen LogP contribution in [0.15, 0.2) is 49.3 Å². The van der Waals surface area contributed by atoms with Crippen LogP contribution in [0.3, 0.4) is 0 Å². The summed E-state index contributed by atoms with van der Waals surface area (Å²) < 4.78 is 0. The summed E-state index contributed by atoms with van der Waals surface area (Å²) in [5.41, 5.74) is 3.06. The van der Waals surface area contributed by atoms with Gasteiger partial charge in [0, 0.05) is 23.5 Å². The van der Waals surface area contributed by atoms with E-state index in [2.05, 4.69) is 22.2 Å².